The van der Waals surface area contributed by atoms with Crippen molar-refractivity contribution in [3.8, 4) is 0 Å². The molecule has 1 heterocycles. The molecule has 120 valence electrons. The van der Waals surface area contributed by atoms with E-state index in [9.17, 15) is 8.42 Å². The predicted octanol–water partition coefficient (Wildman–Crippen LogP) is 1.45. The lowest BCUT2D eigenvalue weighted by Crippen LogP contribution is -2.34. The molecule has 0 saturated carbocycles. The van der Waals surface area contributed by atoms with Crippen molar-refractivity contribution in [1.29, 1.82) is 0 Å². The number of pyridine rings is 1. The summed E-state index contributed by atoms with van der Waals surface area (Å²) in [5.74, 6) is 0. The van der Waals surface area contributed by atoms with Crippen LogP contribution in [0.15, 0.2) is 23.4 Å². The average Bonchev–Trinajstić information content (AvgIpc) is 2.43. The van der Waals surface area contributed by atoms with Gasteiger partial charge in [0.2, 0.25) is 10.0 Å². The number of nitrogens with one attached hydrogen (secondary N) is 1. The van der Waals surface area contributed by atoms with E-state index in [4.69, 9.17) is 5.73 Å². The van der Waals surface area contributed by atoms with Gasteiger partial charge in [-0.25, -0.2) is 13.1 Å². The maximum atomic E-state index is 12.2. The second-order valence-corrected chi connectivity index (χ2v) is 6.79. The number of nitrogens with two attached hydrogens (primary N) is 1. The fourth-order valence-corrected chi connectivity index (χ4v) is 3.52. The van der Waals surface area contributed by atoms with Crippen LogP contribution in [0.5, 0.6) is 0 Å². The molecule has 0 spiro atoms. The summed E-state index contributed by atoms with van der Waals surface area (Å²) in [5.41, 5.74) is 5.91. The van der Waals surface area contributed by atoms with E-state index in [1.54, 1.807) is 0 Å². The number of aromatic nitrogens is 1. The van der Waals surface area contributed by atoms with Crippen molar-refractivity contribution in [1.82, 2.24) is 14.6 Å². The molecule has 0 saturated heterocycles. The summed E-state index contributed by atoms with van der Waals surface area (Å²) in [6.07, 6.45) is 4.49. The predicted molar refractivity (Wildman–Crippen MR) is 85.5 cm³/mol. The highest BCUT2D eigenvalue weighted by molar-refractivity contribution is 7.89. The van der Waals surface area contributed by atoms with E-state index in [0.717, 1.165) is 32.5 Å². The Balaban J connectivity index is 2.54. The van der Waals surface area contributed by atoms with Gasteiger partial charge in [-0.05, 0) is 45.5 Å². The highest BCUT2D eigenvalue weighted by Crippen LogP contribution is 2.16. The highest BCUT2D eigenvalue weighted by atomic mass is 32.2. The van der Waals surface area contributed by atoms with E-state index >= 15 is 0 Å². The standard InChI is InChI=1S/C14H26N4O2S/c1-4-18(5-2)10-6-7-12(3)17-21(19,20)14-11-16-9-8-13(14)15/h8-9,11-12,17H,4-7,10H2,1-3H3,(H2,15,16). The Morgan fingerprint density at radius 2 is 2.05 bits per heavy atom. The monoisotopic (exact) mass is 314 g/mol. The molecule has 0 bridgehead atoms. The number of nitrogens with zero attached hydrogens (tertiary/aromatic N) is 2. The van der Waals surface area contributed by atoms with E-state index < -0.39 is 10.0 Å². The fourth-order valence-electron chi connectivity index (χ4n) is 2.16. The van der Waals surface area contributed by atoms with Gasteiger partial charge in [-0.2, -0.15) is 0 Å². The lowest BCUT2D eigenvalue weighted by molar-refractivity contribution is 0.293. The smallest absolute Gasteiger partial charge is 0.244 e. The summed E-state index contributed by atoms with van der Waals surface area (Å²) in [7, 11) is -3.60. The molecule has 0 aromatic carbocycles. The molecule has 0 radical (unpaired) electrons. The van der Waals surface area contributed by atoms with Gasteiger partial charge in [0.25, 0.3) is 0 Å². The zero-order chi connectivity index (χ0) is 15.9. The van der Waals surface area contributed by atoms with Crippen LogP contribution in [0.1, 0.15) is 33.6 Å². The summed E-state index contributed by atoms with van der Waals surface area (Å²) in [6.45, 7) is 9.13. The van der Waals surface area contributed by atoms with Gasteiger partial charge in [-0.3, -0.25) is 4.98 Å². The second-order valence-electron chi connectivity index (χ2n) is 5.10. The minimum Gasteiger partial charge on any atom is -0.398 e. The third-order valence-corrected chi connectivity index (χ3v) is 5.10. The van der Waals surface area contributed by atoms with Crippen LogP contribution < -0.4 is 10.5 Å². The molecule has 1 unspecified atom stereocenters. The molecular formula is C14H26N4O2S. The number of hydrogen-bond donors (Lipinski definition) is 2. The lowest BCUT2D eigenvalue weighted by Gasteiger charge is -2.20. The quantitative estimate of drug-likeness (QED) is 0.720. The number of nitrogen functional groups attached to an aromatic ring is 1. The Kier molecular flexibility index (Phi) is 7.07. The minimum atomic E-state index is -3.60. The SMILES string of the molecule is CCN(CC)CCCC(C)NS(=O)(=O)c1cnccc1N. The first-order chi connectivity index (χ1) is 9.90. The van der Waals surface area contributed by atoms with Crippen LogP contribution in [-0.2, 0) is 10.0 Å². The van der Waals surface area contributed by atoms with Gasteiger partial charge < -0.3 is 10.6 Å². The van der Waals surface area contributed by atoms with Crippen LogP contribution in [0.3, 0.4) is 0 Å². The molecule has 7 heteroatoms. The van der Waals surface area contributed by atoms with Crippen LogP contribution in [-0.4, -0.2) is 44.0 Å². The molecule has 1 atom stereocenters. The number of anilines is 1. The molecule has 0 amide bonds. The Bertz CT molecular complexity index is 530. The molecule has 0 aliphatic heterocycles. The third-order valence-electron chi connectivity index (χ3n) is 3.47. The van der Waals surface area contributed by atoms with E-state index in [0.29, 0.717) is 0 Å². The van der Waals surface area contributed by atoms with Crippen molar-refractivity contribution in [2.75, 3.05) is 25.4 Å². The van der Waals surface area contributed by atoms with Crippen molar-refractivity contribution in [3.63, 3.8) is 0 Å². The Morgan fingerprint density at radius 3 is 2.62 bits per heavy atom. The summed E-state index contributed by atoms with van der Waals surface area (Å²) in [6, 6.07) is 1.35. The first-order valence-electron chi connectivity index (χ1n) is 7.34. The molecular weight excluding hydrogens is 288 g/mol. The number of rotatable bonds is 9. The molecule has 6 nitrogen and oxygen atoms in total. The maximum Gasteiger partial charge on any atom is 0.244 e. The minimum absolute atomic E-state index is 0.0422. The zero-order valence-corrected chi connectivity index (χ0v) is 13.9. The van der Waals surface area contributed by atoms with Crippen LogP contribution in [0.25, 0.3) is 0 Å². The summed E-state index contributed by atoms with van der Waals surface area (Å²) in [4.78, 5) is 6.18. The number of sulfonamides is 1. The van der Waals surface area contributed by atoms with Gasteiger partial charge in [-0.1, -0.05) is 13.8 Å². The Hall–Kier alpha value is -1.18. The van der Waals surface area contributed by atoms with Gasteiger partial charge in [0.1, 0.15) is 4.90 Å². The van der Waals surface area contributed by atoms with E-state index in [1.165, 1.54) is 18.5 Å². The Morgan fingerprint density at radius 1 is 1.38 bits per heavy atom. The second kappa shape index (κ2) is 8.31. The van der Waals surface area contributed by atoms with Crippen molar-refractivity contribution >= 4 is 15.7 Å². The average molecular weight is 314 g/mol. The first kappa shape index (κ1) is 17.9. The lowest BCUT2D eigenvalue weighted by atomic mass is 10.2. The van der Waals surface area contributed by atoms with Crippen molar-refractivity contribution in [2.24, 2.45) is 0 Å². The van der Waals surface area contributed by atoms with Crippen molar-refractivity contribution < 1.29 is 8.42 Å². The van der Waals surface area contributed by atoms with Gasteiger partial charge >= 0.3 is 0 Å². The fraction of sp³-hybridized carbons (Fsp3) is 0.643. The van der Waals surface area contributed by atoms with Crippen molar-refractivity contribution in [3.05, 3.63) is 18.5 Å². The van der Waals surface area contributed by atoms with Gasteiger partial charge in [0, 0.05) is 18.4 Å². The van der Waals surface area contributed by atoms with Gasteiger partial charge in [-0.15, -0.1) is 0 Å². The summed E-state index contributed by atoms with van der Waals surface area (Å²) >= 11 is 0. The largest absolute Gasteiger partial charge is 0.398 e. The molecule has 1 aromatic heterocycles. The van der Waals surface area contributed by atoms with Crippen molar-refractivity contribution in [2.45, 2.75) is 44.6 Å². The van der Waals surface area contributed by atoms with E-state index in [2.05, 4.69) is 28.5 Å². The molecule has 1 rings (SSSR count). The molecule has 0 aliphatic rings. The van der Waals surface area contributed by atoms with Crippen LogP contribution in [0, 0.1) is 0 Å². The third kappa shape index (κ3) is 5.61. The van der Waals surface area contributed by atoms with Crippen LogP contribution >= 0.6 is 0 Å². The highest BCUT2D eigenvalue weighted by Gasteiger charge is 2.20. The van der Waals surface area contributed by atoms with Gasteiger partial charge in [0.05, 0.1) is 5.69 Å². The molecule has 21 heavy (non-hydrogen) atoms. The molecule has 0 aliphatic carbocycles. The van der Waals surface area contributed by atoms with Crippen LogP contribution in [0.2, 0.25) is 0 Å². The summed E-state index contributed by atoms with van der Waals surface area (Å²) in [5, 5.41) is 0. The van der Waals surface area contributed by atoms with E-state index in [1.807, 2.05) is 6.92 Å². The van der Waals surface area contributed by atoms with Gasteiger partial charge in [0.15, 0.2) is 0 Å². The summed E-state index contributed by atoms with van der Waals surface area (Å²) < 4.78 is 27.1. The first-order valence-corrected chi connectivity index (χ1v) is 8.83. The van der Waals surface area contributed by atoms with E-state index in [-0.39, 0.29) is 16.6 Å². The normalized spacial score (nSPS) is 13.5. The maximum absolute atomic E-state index is 12.2. The Labute approximate surface area is 127 Å². The zero-order valence-electron chi connectivity index (χ0n) is 13.0. The molecule has 1 aromatic rings. The molecule has 0 fully saturated rings. The van der Waals surface area contributed by atoms with Crippen LogP contribution in [0.4, 0.5) is 5.69 Å². The molecule has 3 N–H and O–H groups in total. The number of hydrogen-bond acceptors (Lipinski definition) is 5. The topological polar surface area (TPSA) is 88.3 Å².